The average Bonchev–Trinajstić information content (AvgIpc) is 2.59. The highest BCUT2D eigenvalue weighted by Gasteiger charge is 2.24. The molecule has 1 aromatic heterocycles. The zero-order valence-corrected chi connectivity index (χ0v) is 15.0. The fraction of sp³-hybridized carbons (Fsp3) is 0.750. The largest absolute Gasteiger partial charge is 0.382 e. The van der Waals surface area contributed by atoms with Gasteiger partial charge in [0.15, 0.2) is 0 Å². The van der Waals surface area contributed by atoms with Gasteiger partial charge in [0.1, 0.15) is 0 Å². The van der Waals surface area contributed by atoms with Gasteiger partial charge >= 0.3 is 0 Å². The number of anilines is 1. The number of rotatable bonds is 6. The van der Waals surface area contributed by atoms with Crippen LogP contribution in [0.3, 0.4) is 0 Å². The maximum Gasteiger partial charge on any atom is 0.0459 e. The molecule has 2 unspecified atom stereocenters. The van der Waals surface area contributed by atoms with Crippen molar-refractivity contribution in [3.8, 4) is 0 Å². The summed E-state index contributed by atoms with van der Waals surface area (Å²) in [4.78, 5) is 5.05. The van der Waals surface area contributed by atoms with E-state index >= 15 is 0 Å². The first-order valence-electron chi connectivity index (χ1n) is 9.74. The van der Waals surface area contributed by atoms with Gasteiger partial charge in [0.05, 0.1) is 0 Å². The zero-order valence-electron chi connectivity index (χ0n) is 15.0. The van der Waals surface area contributed by atoms with Crippen LogP contribution in [0.5, 0.6) is 0 Å². The molecule has 0 spiro atoms. The Morgan fingerprint density at radius 2 is 1.52 bits per heavy atom. The second-order valence-electron chi connectivity index (χ2n) is 7.54. The molecule has 0 aliphatic heterocycles. The number of nitrogens with one attached hydrogen (secondary N) is 1. The molecule has 0 saturated heterocycles. The molecule has 3 rings (SSSR count). The van der Waals surface area contributed by atoms with Gasteiger partial charge < -0.3 is 11.1 Å². The molecule has 3 nitrogen and oxygen atoms in total. The number of aromatic nitrogens is 1. The van der Waals surface area contributed by atoms with Crippen molar-refractivity contribution in [2.45, 2.75) is 96.6 Å². The fourth-order valence-electron chi connectivity index (χ4n) is 4.07. The number of pyridine rings is 1. The Labute approximate surface area is 141 Å². The summed E-state index contributed by atoms with van der Waals surface area (Å²) in [7, 11) is 0. The Hall–Kier alpha value is -1.09. The predicted molar refractivity (Wildman–Crippen MR) is 98.1 cm³/mol. The first-order valence-corrected chi connectivity index (χ1v) is 9.74. The van der Waals surface area contributed by atoms with Crippen LogP contribution in [0.25, 0.3) is 0 Å². The van der Waals surface area contributed by atoms with E-state index in [2.05, 4.69) is 19.2 Å². The Balaban J connectivity index is 1.82. The predicted octanol–water partition coefficient (Wildman–Crippen LogP) is 4.16. The molecule has 23 heavy (non-hydrogen) atoms. The standard InChI is InChI=1S/C20H33N3/c1-3-15(21)13-12-14(2)22-20-16-8-4-6-10-18(16)23-19-11-7-5-9-17(19)20/h14-15H,3-13,21H2,1-2H3,(H,22,23). The van der Waals surface area contributed by atoms with Crippen LogP contribution in [0.2, 0.25) is 0 Å². The Morgan fingerprint density at radius 3 is 2.09 bits per heavy atom. The lowest BCUT2D eigenvalue weighted by molar-refractivity contribution is 0.539. The molecule has 0 amide bonds. The second-order valence-corrected chi connectivity index (χ2v) is 7.54. The van der Waals surface area contributed by atoms with E-state index in [9.17, 15) is 0 Å². The quantitative estimate of drug-likeness (QED) is 0.829. The molecule has 0 saturated carbocycles. The van der Waals surface area contributed by atoms with Crippen molar-refractivity contribution in [3.05, 3.63) is 22.5 Å². The van der Waals surface area contributed by atoms with Gasteiger partial charge in [-0.2, -0.15) is 0 Å². The summed E-state index contributed by atoms with van der Waals surface area (Å²) in [6.07, 6.45) is 13.3. The van der Waals surface area contributed by atoms with Crippen molar-refractivity contribution in [2.75, 3.05) is 5.32 Å². The minimum absolute atomic E-state index is 0.347. The number of nitrogens with zero attached hydrogens (tertiary/aromatic N) is 1. The molecule has 3 N–H and O–H groups in total. The second kappa shape index (κ2) is 7.65. The highest BCUT2D eigenvalue weighted by molar-refractivity contribution is 5.62. The van der Waals surface area contributed by atoms with E-state index in [1.165, 1.54) is 79.6 Å². The van der Waals surface area contributed by atoms with Crippen molar-refractivity contribution in [2.24, 2.45) is 5.73 Å². The molecule has 128 valence electrons. The highest BCUT2D eigenvalue weighted by Crippen LogP contribution is 2.35. The normalized spacial score (nSPS) is 19.6. The van der Waals surface area contributed by atoms with E-state index in [1.54, 1.807) is 0 Å². The lowest BCUT2D eigenvalue weighted by atomic mass is 9.86. The Bertz CT molecular complexity index is 504. The summed E-state index contributed by atoms with van der Waals surface area (Å²) in [6, 6.07) is 0.839. The molecule has 0 fully saturated rings. The smallest absolute Gasteiger partial charge is 0.0459 e. The molecular formula is C20H33N3. The zero-order chi connectivity index (χ0) is 16.2. The summed E-state index contributed by atoms with van der Waals surface area (Å²) in [6.45, 7) is 4.49. The average molecular weight is 316 g/mol. The van der Waals surface area contributed by atoms with Crippen LogP contribution in [0.4, 0.5) is 5.69 Å². The van der Waals surface area contributed by atoms with E-state index in [0.29, 0.717) is 12.1 Å². The van der Waals surface area contributed by atoms with Crippen LogP contribution < -0.4 is 11.1 Å². The van der Waals surface area contributed by atoms with Crippen molar-refractivity contribution >= 4 is 5.69 Å². The third kappa shape index (κ3) is 3.88. The Kier molecular flexibility index (Phi) is 5.58. The summed E-state index contributed by atoms with van der Waals surface area (Å²) in [5, 5.41) is 3.88. The maximum absolute atomic E-state index is 6.10. The van der Waals surface area contributed by atoms with E-state index in [0.717, 1.165) is 19.3 Å². The van der Waals surface area contributed by atoms with Crippen molar-refractivity contribution in [1.82, 2.24) is 4.98 Å². The van der Waals surface area contributed by atoms with E-state index in [1.807, 2.05) is 0 Å². The highest BCUT2D eigenvalue weighted by atomic mass is 14.9. The first-order chi connectivity index (χ1) is 11.2. The number of aryl methyl sites for hydroxylation is 2. The van der Waals surface area contributed by atoms with Crippen molar-refractivity contribution in [3.63, 3.8) is 0 Å². The third-order valence-electron chi connectivity index (χ3n) is 5.64. The molecule has 2 aliphatic carbocycles. The van der Waals surface area contributed by atoms with E-state index in [-0.39, 0.29) is 0 Å². The number of nitrogens with two attached hydrogens (primary N) is 1. The van der Waals surface area contributed by atoms with Gasteiger partial charge in [-0.05, 0) is 88.7 Å². The lowest BCUT2D eigenvalue weighted by Crippen LogP contribution is -2.25. The summed E-state index contributed by atoms with van der Waals surface area (Å²) < 4.78 is 0. The van der Waals surface area contributed by atoms with Crippen LogP contribution in [-0.2, 0) is 25.7 Å². The van der Waals surface area contributed by atoms with Crippen LogP contribution in [0, 0.1) is 0 Å². The van der Waals surface area contributed by atoms with Crippen LogP contribution in [0.1, 0.15) is 81.3 Å². The fourth-order valence-corrected chi connectivity index (χ4v) is 4.07. The van der Waals surface area contributed by atoms with Gasteiger partial charge in [-0.3, -0.25) is 4.98 Å². The minimum atomic E-state index is 0.347. The van der Waals surface area contributed by atoms with Gasteiger partial charge in [0.25, 0.3) is 0 Å². The monoisotopic (exact) mass is 315 g/mol. The van der Waals surface area contributed by atoms with E-state index in [4.69, 9.17) is 10.7 Å². The SMILES string of the molecule is CCC(N)CCC(C)Nc1c2c(nc3c1CCCC3)CCCC2. The minimum Gasteiger partial charge on any atom is -0.382 e. The van der Waals surface area contributed by atoms with Crippen LogP contribution in [0.15, 0.2) is 0 Å². The van der Waals surface area contributed by atoms with Gasteiger partial charge in [-0.15, -0.1) is 0 Å². The lowest BCUT2D eigenvalue weighted by Gasteiger charge is -2.29. The van der Waals surface area contributed by atoms with Gasteiger partial charge in [0, 0.05) is 29.2 Å². The molecular weight excluding hydrogens is 282 g/mol. The number of hydrogen-bond donors (Lipinski definition) is 2. The molecule has 1 heterocycles. The van der Waals surface area contributed by atoms with Gasteiger partial charge in [-0.1, -0.05) is 6.92 Å². The molecule has 0 aromatic carbocycles. The molecule has 1 aromatic rings. The topological polar surface area (TPSA) is 50.9 Å². The summed E-state index contributed by atoms with van der Waals surface area (Å²) >= 11 is 0. The van der Waals surface area contributed by atoms with Crippen LogP contribution >= 0.6 is 0 Å². The summed E-state index contributed by atoms with van der Waals surface area (Å²) in [5.41, 5.74) is 13.4. The number of hydrogen-bond acceptors (Lipinski definition) is 3. The first kappa shape index (κ1) is 16.8. The van der Waals surface area contributed by atoms with Gasteiger partial charge in [-0.25, -0.2) is 0 Å². The van der Waals surface area contributed by atoms with Crippen LogP contribution in [-0.4, -0.2) is 17.1 Å². The van der Waals surface area contributed by atoms with E-state index < -0.39 is 0 Å². The third-order valence-corrected chi connectivity index (χ3v) is 5.64. The molecule has 0 radical (unpaired) electrons. The molecule has 2 atom stereocenters. The molecule has 2 aliphatic rings. The molecule has 0 bridgehead atoms. The summed E-state index contributed by atoms with van der Waals surface area (Å²) in [5.74, 6) is 0. The Morgan fingerprint density at radius 1 is 0.957 bits per heavy atom. The van der Waals surface area contributed by atoms with Crippen molar-refractivity contribution < 1.29 is 0 Å². The molecule has 3 heteroatoms. The number of fused-ring (bicyclic) bond motifs is 2. The van der Waals surface area contributed by atoms with Crippen molar-refractivity contribution in [1.29, 1.82) is 0 Å². The maximum atomic E-state index is 6.10. The van der Waals surface area contributed by atoms with Gasteiger partial charge in [0.2, 0.25) is 0 Å².